The van der Waals surface area contributed by atoms with E-state index in [-0.39, 0.29) is 0 Å². The fourth-order valence-corrected chi connectivity index (χ4v) is 3.55. The van der Waals surface area contributed by atoms with Gasteiger partial charge in [0, 0.05) is 48.9 Å². The lowest BCUT2D eigenvalue weighted by Gasteiger charge is -2.18. The number of pyridine rings is 1. The molecule has 1 aliphatic heterocycles. The Bertz CT molecular complexity index is 1070. The van der Waals surface area contributed by atoms with E-state index in [9.17, 15) is 0 Å². The molecule has 2 N–H and O–H groups in total. The first kappa shape index (κ1) is 15.8. The molecule has 5 heterocycles. The van der Waals surface area contributed by atoms with Gasteiger partial charge < -0.3 is 10.2 Å². The standard InChI is InChI=1S/C19H20N8/c1-13-11-16(25-24-13)21-19-23-18(22-17-6-4-9-27(17)19)26-10-7-14(12-26)15-5-2-3-8-20-15/h2-6,8-9,11,14H,7,10,12H2,1H3,(H2,21,22,23,24,25). The van der Waals surface area contributed by atoms with Gasteiger partial charge in [-0.15, -0.1) is 0 Å². The Balaban J connectivity index is 1.45. The molecule has 0 amide bonds. The molecule has 8 heteroatoms. The van der Waals surface area contributed by atoms with Crippen LogP contribution >= 0.6 is 0 Å². The molecule has 4 aromatic heterocycles. The molecule has 0 aliphatic carbocycles. The predicted molar refractivity (Wildman–Crippen MR) is 103 cm³/mol. The topological polar surface area (TPSA) is 87.0 Å². The number of nitrogens with zero attached hydrogens (tertiary/aromatic N) is 6. The highest BCUT2D eigenvalue weighted by Gasteiger charge is 2.27. The van der Waals surface area contributed by atoms with Crippen molar-refractivity contribution < 1.29 is 0 Å². The van der Waals surface area contributed by atoms with Gasteiger partial charge in [-0.2, -0.15) is 15.1 Å². The molecule has 27 heavy (non-hydrogen) atoms. The van der Waals surface area contributed by atoms with Crippen molar-refractivity contribution in [2.75, 3.05) is 23.3 Å². The summed E-state index contributed by atoms with van der Waals surface area (Å²) in [7, 11) is 0. The van der Waals surface area contributed by atoms with Crippen LogP contribution in [-0.4, -0.2) is 42.6 Å². The van der Waals surface area contributed by atoms with Gasteiger partial charge >= 0.3 is 0 Å². The van der Waals surface area contributed by atoms with Crippen molar-refractivity contribution in [3.8, 4) is 0 Å². The number of anilines is 3. The molecule has 1 aliphatic rings. The van der Waals surface area contributed by atoms with E-state index in [0.717, 1.165) is 48.3 Å². The Kier molecular flexibility index (Phi) is 3.74. The van der Waals surface area contributed by atoms with Gasteiger partial charge in [0.1, 0.15) is 5.65 Å². The van der Waals surface area contributed by atoms with E-state index >= 15 is 0 Å². The predicted octanol–water partition coefficient (Wildman–Crippen LogP) is 2.89. The molecule has 1 atom stereocenters. The van der Waals surface area contributed by atoms with Crippen LogP contribution < -0.4 is 10.2 Å². The maximum absolute atomic E-state index is 4.78. The van der Waals surface area contributed by atoms with Crippen LogP contribution in [-0.2, 0) is 0 Å². The Hall–Kier alpha value is -3.42. The quantitative estimate of drug-likeness (QED) is 0.582. The highest BCUT2D eigenvalue weighted by Crippen LogP contribution is 2.29. The average Bonchev–Trinajstić information content (AvgIpc) is 3.42. The summed E-state index contributed by atoms with van der Waals surface area (Å²) in [6, 6.07) is 12.0. The first-order chi connectivity index (χ1) is 13.3. The number of H-pyrrole nitrogens is 1. The maximum Gasteiger partial charge on any atom is 0.230 e. The lowest BCUT2D eigenvalue weighted by Crippen LogP contribution is -2.23. The lowest BCUT2D eigenvalue weighted by molar-refractivity contribution is 0.742. The summed E-state index contributed by atoms with van der Waals surface area (Å²) in [5.74, 6) is 2.57. The zero-order chi connectivity index (χ0) is 18.2. The molecule has 0 aromatic carbocycles. The van der Waals surface area contributed by atoms with E-state index in [4.69, 9.17) is 9.97 Å². The van der Waals surface area contributed by atoms with Gasteiger partial charge in [0.25, 0.3) is 0 Å². The van der Waals surface area contributed by atoms with Crippen LogP contribution in [0.15, 0.2) is 48.8 Å². The summed E-state index contributed by atoms with van der Waals surface area (Å²) in [4.78, 5) is 16.3. The molecule has 1 fully saturated rings. The van der Waals surface area contributed by atoms with Crippen LogP contribution in [0.1, 0.15) is 23.7 Å². The lowest BCUT2D eigenvalue weighted by atomic mass is 10.0. The van der Waals surface area contributed by atoms with Crippen LogP contribution in [0.25, 0.3) is 5.65 Å². The van der Waals surface area contributed by atoms with Gasteiger partial charge in [0.15, 0.2) is 5.82 Å². The first-order valence-electron chi connectivity index (χ1n) is 9.06. The number of aromatic nitrogens is 6. The van der Waals surface area contributed by atoms with Crippen molar-refractivity contribution in [2.24, 2.45) is 0 Å². The first-order valence-corrected chi connectivity index (χ1v) is 9.06. The Labute approximate surface area is 156 Å². The van der Waals surface area contributed by atoms with Crippen molar-refractivity contribution in [1.82, 2.24) is 29.5 Å². The van der Waals surface area contributed by atoms with Crippen molar-refractivity contribution in [2.45, 2.75) is 19.3 Å². The number of fused-ring (bicyclic) bond motifs is 1. The molecular weight excluding hydrogens is 340 g/mol. The summed E-state index contributed by atoms with van der Waals surface area (Å²) in [5, 5.41) is 10.5. The van der Waals surface area contributed by atoms with E-state index in [1.54, 1.807) is 0 Å². The van der Waals surface area contributed by atoms with Crippen molar-refractivity contribution in [1.29, 1.82) is 0 Å². The largest absolute Gasteiger partial charge is 0.340 e. The number of hydrogen-bond donors (Lipinski definition) is 2. The molecule has 8 nitrogen and oxygen atoms in total. The second kappa shape index (κ2) is 6.39. The molecule has 1 saturated heterocycles. The smallest absolute Gasteiger partial charge is 0.230 e. The Morgan fingerprint density at radius 2 is 2.15 bits per heavy atom. The Morgan fingerprint density at radius 1 is 1.19 bits per heavy atom. The third-order valence-electron chi connectivity index (χ3n) is 4.90. The van der Waals surface area contributed by atoms with Gasteiger partial charge in [0.05, 0.1) is 0 Å². The number of rotatable bonds is 4. The van der Waals surface area contributed by atoms with Crippen LogP contribution in [0.2, 0.25) is 0 Å². The minimum Gasteiger partial charge on any atom is -0.340 e. The van der Waals surface area contributed by atoms with Crippen LogP contribution in [0.3, 0.4) is 0 Å². The fourth-order valence-electron chi connectivity index (χ4n) is 3.55. The molecule has 0 spiro atoms. The third kappa shape index (κ3) is 2.99. The van der Waals surface area contributed by atoms with Crippen LogP contribution in [0.5, 0.6) is 0 Å². The van der Waals surface area contributed by atoms with E-state index in [1.165, 1.54) is 0 Å². The van der Waals surface area contributed by atoms with Crippen molar-refractivity contribution in [3.05, 3.63) is 60.2 Å². The minimum absolute atomic E-state index is 0.406. The normalized spacial score (nSPS) is 16.9. The SMILES string of the molecule is Cc1cc(Nc2nc(N3CCC(c4ccccn4)C3)nc3cccn23)n[nH]1. The van der Waals surface area contributed by atoms with Crippen LogP contribution in [0.4, 0.5) is 17.7 Å². The molecule has 5 rings (SSSR count). The van der Waals surface area contributed by atoms with Gasteiger partial charge in [-0.3, -0.25) is 14.5 Å². The molecule has 0 radical (unpaired) electrons. The second-order valence-corrected chi connectivity index (χ2v) is 6.83. The minimum atomic E-state index is 0.406. The van der Waals surface area contributed by atoms with Gasteiger partial charge in [-0.05, 0) is 37.6 Å². The molecule has 0 saturated carbocycles. The maximum atomic E-state index is 4.78. The van der Waals surface area contributed by atoms with E-state index in [0.29, 0.717) is 11.9 Å². The van der Waals surface area contributed by atoms with E-state index < -0.39 is 0 Å². The summed E-state index contributed by atoms with van der Waals surface area (Å²) < 4.78 is 1.93. The van der Waals surface area contributed by atoms with Gasteiger partial charge in [0.2, 0.25) is 11.9 Å². The monoisotopic (exact) mass is 360 g/mol. The van der Waals surface area contributed by atoms with Gasteiger partial charge in [-0.25, -0.2) is 0 Å². The molecule has 136 valence electrons. The number of nitrogens with one attached hydrogen (secondary N) is 2. The molecular formula is C19H20N8. The summed E-state index contributed by atoms with van der Waals surface area (Å²) >= 11 is 0. The summed E-state index contributed by atoms with van der Waals surface area (Å²) in [6.07, 6.45) is 4.85. The number of hydrogen-bond acceptors (Lipinski definition) is 6. The van der Waals surface area contributed by atoms with E-state index in [1.807, 2.05) is 54.0 Å². The highest BCUT2D eigenvalue weighted by atomic mass is 15.3. The zero-order valence-electron chi connectivity index (χ0n) is 15.0. The number of aryl methyl sites for hydroxylation is 1. The summed E-state index contributed by atoms with van der Waals surface area (Å²) in [5.41, 5.74) is 2.98. The second-order valence-electron chi connectivity index (χ2n) is 6.83. The van der Waals surface area contributed by atoms with Crippen LogP contribution in [0, 0.1) is 6.92 Å². The third-order valence-corrected chi connectivity index (χ3v) is 4.90. The number of aromatic amines is 1. The van der Waals surface area contributed by atoms with Crippen molar-refractivity contribution >= 4 is 23.4 Å². The molecule has 4 aromatic rings. The molecule has 1 unspecified atom stereocenters. The van der Waals surface area contributed by atoms with Gasteiger partial charge in [-0.1, -0.05) is 6.07 Å². The summed E-state index contributed by atoms with van der Waals surface area (Å²) in [6.45, 7) is 3.75. The average molecular weight is 360 g/mol. The van der Waals surface area contributed by atoms with Crippen molar-refractivity contribution in [3.63, 3.8) is 0 Å². The zero-order valence-corrected chi connectivity index (χ0v) is 15.0. The molecule has 0 bridgehead atoms. The highest BCUT2D eigenvalue weighted by molar-refractivity contribution is 5.57. The van der Waals surface area contributed by atoms with E-state index in [2.05, 4.69) is 31.5 Å². The Morgan fingerprint density at radius 3 is 2.96 bits per heavy atom. The fraction of sp³-hybridized carbons (Fsp3) is 0.263.